The summed E-state index contributed by atoms with van der Waals surface area (Å²) in [7, 11) is 1.68. The first-order valence-electron chi connectivity index (χ1n) is 10.7. The maximum absolute atomic E-state index is 12.9. The van der Waals surface area contributed by atoms with Gasteiger partial charge < -0.3 is 10.6 Å². The number of nitrogens with zero attached hydrogens (tertiary/aromatic N) is 4. The number of amides is 2. The first-order valence-corrected chi connectivity index (χ1v) is 10.7. The van der Waals surface area contributed by atoms with Crippen LogP contribution in [0.1, 0.15) is 37.8 Å². The van der Waals surface area contributed by atoms with Gasteiger partial charge in [0.1, 0.15) is 5.82 Å². The Kier molecular flexibility index (Phi) is 6.35. The molecule has 0 saturated heterocycles. The fraction of sp³-hybridized carbons (Fsp3) is 0.200. The number of hydrogen-bond acceptors (Lipinski definition) is 4. The van der Waals surface area contributed by atoms with Crippen molar-refractivity contribution < 1.29 is 9.59 Å². The van der Waals surface area contributed by atoms with Crippen LogP contribution in [0.15, 0.2) is 66.7 Å². The van der Waals surface area contributed by atoms with Gasteiger partial charge in [-0.1, -0.05) is 48.5 Å². The molecule has 2 aromatic heterocycles. The summed E-state index contributed by atoms with van der Waals surface area (Å²) in [5.41, 5.74) is 4.26. The Hall–Kier alpha value is -4.20. The van der Waals surface area contributed by atoms with Crippen LogP contribution in [0.25, 0.3) is 0 Å². The zero-order chi connectivity index (χ0) is 23.4. The Labute approximate surface area is 192 Å². The largest absolute Gasteiger partial charge is 0.317 e. The molecule has 0 aliphatic rings. The molecule has 8 nitrogen and oxygen atoms in total. The molecule has 2 aromatic carbocycles. The van der Waals surface area contributed by atoms with Gasteiger partial charge >= 0.3 is 0 Å². The molecule has 0 aliphatic heterocycles. The summed E-state index contributed by atoms with van der Waals surface area (Å²) in [5.74, 6) is -0.197. The second-order valence-corrected chi connectivity index (χ2v) is 7.82. The van der Waals surface area contributed by atoms with E-state index < -0.39 is 0 Å². The van der Waals surface area contributed by atoms with Crippen molar-refractivity contribution in [1.82, 2.24) is 19.6 Å². The van der Waals surface area contributed by atoms with E-state index in [0.29, 0.717) is 23.6 Å². The minimum Gasteiger partial charge on any atom is -0.317 e. The lowest BCUT2D eigenvalue weighted by molar-refractivity contribution is 0.101. The van der Waals surface area contributed by atoms with E-state index in [9.17, 15) is 9.59 Å². The van der Waals surface area contributed by atoms with E-state index in [4.69, 9.17) is 0 Å². The average Bonchev–Trinajstić information content (AvgIpc) is 3.32. The summed E-state index contributed by atoms with van der Waals surface area (Å²) in [5, 5.41) is 14.6. The topological polar surface area (TPSA) is 93.8 Å². The Morgan fingerprint density at radius 1 is 0.879 bits per heavy atom. The Morgan fingerprint density at radius 2 is 1.55 bits per heavy atom. The lowest BCUT2D eigenvalue weighted by atomic mass is 10.1. The summed E-state index contributed by atoms with van der Waals surface area (Å²) >= 11 is 0. The van der Waals surface area contributed by atoms with Crippen molar-refractivity contribution in [2.24, 2.45) is 7.05 Å². The van der Waals surface area contributed by atoms with Crippen LogP contribution >= 0.6 is 0 Å². The molecule has 33 heavy (non-hydrogen) atoms. The van der Waals surface area contributed by atoms with Gasteiger partial charge in [-0.25, -0.2) is 0 Å². The van der Waals surface area contributed by atoms with Crippen molar-refractivity contribution in [3.05, 3.63) is 94.9 Å². The van der Waals surface area contributed by atoms with Gasteiger partial charge in [0, 0.05) is 25.2 Å². The Morgan fingerprint density at radius 3 is 2.24 bits per heavy atom. The van der Waals surface area contributed by atoms with E-state index in [1.54, 1.807) is 37.4 Å². The molecule has 4 aromatic rings. The standard InChI is InChI=1S/C25H26N6O2/c1-17-23(18(2)31(28-17)15-14-19-10-6-4-7-11-19)27-25(33)21-16-22(30(3)29-21)26-24(32)20-12-8-5-9-13-20/h4-13,16H,14-15H2,1-3H3,(H,26,32)(H,27,33). The molecule has 0 aliphatic carbocycles. The van der Waals surface area contributed by atoms with Crippen LogP contribution in [-0.4, -0.2) is 31.4 Å². The summed E-state index contributed by atoms with van der Waals surface area (Å²) in [4.78, 5) is 25.3. The number of anilines is 2. The Balaban J connectivity index is 1.45. The third kappa shape index (κ3) is 5.01. The average molecular weight is 443 g/mol. The number of benzene rings is 2. The number of aryl methyl sites for hydroxylation is 4. The van der Waals surface area contributed by atoms with Crippen molar-refractivity contribution >= 4 is 23.3 Å². The molecular formula is C25H26N6O2. The second kappa shape index (κ2) is 9.52. The maximum atomic E-state index is 12.9. The lowest BCUT2D eigenvalue weighted by Crippen LogP contribution is -2.14. The van der Waals surface area contributed by atoms with Crippen LogP contribution in [0.5, 0.6) is 0 Å². The number of aromatic nitrogens is 4. The third-order valence-electron chi connectivity index (χ3n) is 5.47. The minimum absolute atomic E-state index is 0.205. The quantitative estimate of drug-likeness (QED) is 0.453. The van der Waals surface area contributed by atoms with Crippen LogP contribution in [-0.2, 0) is 20.0 Å². The summed E-state index contributed by atoms with van der Waals surface area (Å²) < 4.78 is 3.38. The number of rotatable bonds is 7. The van der Waals surface area contributed by atoms with E-state index in [-0.39, 0.29) is 17.5 Å². The molecular weight excluding hydrogens is 416 g/mol. The predicted octanol–water partition coefficient (Wildman–Crippen LogP) is 3.98. The van der Waals surface area contributed by atoms with Crippen molar-refractivity contribution in [3.8, 4) is 0 Å². The summed E-state index contributed by atoms with van der Waals surface area (Å²) in [6.07, 6.45) is 0.848. The third-order valence-corrected chi connectivity index (χ3v) is 5.47. The van der Waals surface area contributed by atoms with E-state index in [0.717, 1.165) is 17.8 Å². The molecule has 0 bridgehead atoms. The smallest absolute Gasteiger partial charge is 0.276 e. The van der Waals surface area contributed by atoms with Gasteiger partial charge in [-0.2, -0.15) is 10.2 Å². The van der Waals surface area contributed by atoms with Gasteiger partial charge in [0.25, 0.3) is 11.8 Å². The molecule has 0 radical (unpaired) electrons. The van der Waals surface area contributed by atoms with Crippen molar-refractivity contribution in [2.75, 3.05) is 10.6 Å². The molecule has 8 heteroatoms. The molecule has 0 saturated carbocycles. The molecule has 168 valence electrons. The molecule has 0 spiro atoms. The van der Waals surface area contributed by atoms with E-state index in [2.05, 4.69) is 33.0 Å². The van der Waals surface area contributed by atoms with Gasteiger partial charge in [0.05, 0.1) is 17.1 Å². The Bertz CT molecular complexity index is 1280. The number of carbonyl (C=O) groups is 2. The van der Waals surface area contributed by atoms with Gasteiger partial charge in [0.15, 0.2) is 5.69 Å². The van der Waals surface area contributed by atoms with E-state index >= 15 is 0 Å². The molecule has 0 fully saturated rings. The lowest BCUT2D eigenvalue weighted by Gasteiger charge is -2.06. The van der Waals surface area contributed by atoms with Crippen molar-refractivity contribution in [3.63, 3.8) is 0 Å². The number of nitrogens with one attached hydrogen (secondary N) is 2. The van der Waals surface area contributed by atoms with Crippen LogP contribution in [0, 0.1) is 13.8 Å². The zero-order valence-corrected chi connectivity index (χ0v) is 18.9. The first kappa shape index (κ1) is 22.0. The summed E-state index contributed by atoms with van der Waals surface area (Å²) in [6, 6.07) is 20.6. The summed E-state index contributed by atoms with van der Waals surface area (Å²) in [6.45, 7) is 4.52. The highest BCUT2D eigenvalue weighted by molar-refractivity contribution is 6.06. The molecule has 2 heterocycles. The van der Waals surface area contributed by atoms with E-state index in [1.165, 1.54) is 10.2 Å². The number of hydrogen-bond donors (Lipinski definition) is 2. The van der Waals surface area contributed by atoms with Crippen molar-refractivity contribution in [1.29, 1.82) is 0 Å². The monoisotopic (exact) mass is 442 g/mol. The molecule has 2 amide bonds. The minimum atomic E-state index is -0.361. The molecule has 2 N–H and O–H groups in total. The fourth-order valence-electron chi connectivity index (χ4n) is 3.63. The van der Waals surface area contributed by atoms with Gasteiger partial charge in [0.2, 0.25) is 0 Å². The van der Waals surface area contributed by atoms with Crippen LogP contribution in [0.3, 0.4) is 0 Å². The molecule has 4 rings (SSSR count). The fourth-order valence-corrected chi connectivity index (χ4v) is 3.63. The van der Waals surface area contributed by atoms with Gasteiger partial charge in [-0.3, -0.25) is 19.0 Å². The van der Waals surface area contributed by atoms with Crippen LogP contribution in [0.2, 0.25) is 0 Å². The van der Waals surface area contributed by atoms with Crippen LogP contribution < -0.4 is 10.6 Å². The maximum Gasteiger partial charge on any atom is 0.276 e. The second-order valence-electron chi connectivity index (χ2n) is 7.82. The SMILES string of the molecule is Cc1nn(CCc2ccccc2)c(C)c1NC(=O)c1cc(NC(=O)c2ccccc2)n(C)n1. The number of carbonyl (C=O) groups excluding carboxylic acids is 2. The molecule has 0 atom stereocenters. The first-order chi connectivity index (χ1) is 15.9. The molecule has 0 unspecified atom stereocenters. The van der Waals surface area contributed by atoms with Gasteiger partial charge in [-0.05, 0) is 38.0 Å². The highest BCUT2D eigenvalue weighted by Crippen LogP contribution is 2.21. The highest BCUT2D eigenvalue weighted by atomic mass is 16.2. The van der Waals surface area contributed by atoms with E-state index in [1.807, 2.05) is 42.8 Å². The normalized spacial score (nSPS) is 10.8. The van der Waals surface area contributed by atoms with Gasteiger partial charge in [-0.15, -0.1) is 0 Å². The zero-order valence-electron chi connectivity index (χ0n) is 18.9. The van der Waals surface area contributed by atoms with Crippen LogP contribution in [0.4, 0.5) is 11.5 Å². The predicted molar refractivity (Wildman–Crippen MR) is 127 cm³/mol. The van der Waals surface area contributed by atoms with Crippen molar-refractivity contribution in [2.45, 2.75) is 26.8 Å². The highest BCUT2D eigenvalue weighted by Gasteiger charge is 2.19.